The molecule has 1 aliphatic rings. The SMILES string of the molecule is Cc1oc(-c2ccco2)nc1CN1C(=O)NC(C)(c2ccc(C(C)C)cc2)C1=O. The summed E-state index contributed by atoms with van der Waals surface area (Å²) in [5, 5.41) is 2.83. The molecule has 29 heavy (non-hydrogen) atoms. The van der Waals surface area contributed by atoms with Crippen LogP contribution < -0.4 is 5.32 Å². The summed E-state index contributed by atoms with van der Waals surface area (Å²) in [6.45, 7) is 7.72. The molecular formula is C22H23N3O4. The summed E-state index contributed by atoms with van der Waals surface area (Å²) in [7, 11) is 0. The fraction of sp³-hybridized carbons (Fsp3) is 0.318. The number of amides is 3. The van der Waals surface area contributed by atoms with Gasteiger partial charge in [-0.15, -0.1) is 0 Å². The quantitative estimate of drug-likeness (QED) is 0.652. The van der Waals surface area contributed by atoms with Crippen molar-refractivity contribution in [3.8, 4) is 11.7 Å². The molecule has 1 fully saturated rings. The van der Waals surface area contributed by atoms with Crippen molar-refractivity contribution in [3.05, 3.63) is 65.2 Å². The number of furan rings is 1. The van der Waals surface area contributed by atoms with Gasteiger partial charge in [0.2, 0.25) is 0 Å². The van der Waals surface area contributed by atoms with Gasteiger partial charge in [0.25, 0.3) is 11.8 Å². The highest BCUT2D eigenvalue weighted by Gasteiger charge is 2.49. The molecule has 1 aromatic carbocycles. The van der Waals surface area contributed by atoms with Crippen LogP contribution >= 0.6 is 0 Å². The number of carbonyl (C=O) groups is 2. The van der Waals surface area contributed by atoms with E-state index >= 15 is 0 Å². The third kappa shape index (κ3) is 3.22. The van der Waals surface area contributed by atoms with Crippen molar-refractivity contribution in [2.45, 2.75) is 45.7 Å². The van der Waals surface area contributed by atoms with Gasteiger partial charge in [0, 0.05) is 0 Å². The highest BCUT2D eigenvalue weighted by atomic mass is 16.4. The van der Waals surface area contributed by atoms with Crippen molar-refractivity contribution in [3.63, 3.8) is 0 Å². The molecule has 0 aliphatic carbocycles. The van der Waals surface area contributed by atoms with E-state index in [1.54, 1.807) is 26.0 Å². The van der Waals surface area contributed by atoms with Gasteiger partial charge in [0.15, 0.2) is 5.76 Å². The minimum Gasteiger partial charge on any atom is -0.459 e. The number of hydrogen-bond donors (Lipinski definition) is 1. The summed E-state index contributed by atoms with van der Waals surface area (Å²) < 4.78 is 10.9. The van der Waals surface area contributed by atoms with E-state index in [0.29, 0.717) is 29.0 Å². The first-order valence-corrected chi connectivity index (χ1v) is 9.54. The first kappa shape index (κ1) is 19.0. The summed E-state index contributed by atoms with van der Waals surface area (Å²) in [5.41, 5.74) is 1.32. The maximum atomic E-state index is 13.2. The van der Waals surface area contributed by atoms with Crippen LogP contribution in [0.2, 0.25) is 0 Å². The predicted octanol–water partition coefficient (Wildman–Crippen LogP) is 4.33. The van der Waals surface area contributed by atoms with Crippen LogP contribution in [-0.4, -0.2) is 21.8 Å². The van der Waals surface area contributed by atoms with Crippen LogP contribution in [0.5, 0.6) is 0 Å². The van der Waals surface area contributed by atoms with Crippen molar-refractivity contribution in [1.82, 2.24) is 15.2 Å². The molecule has 4 rings (SSSR count). The lowest BCUT2D eigenvalue weighted by atomic mass is 9.90. The Morgan fingerprint density at radius 2 is 1.90 bits per heavy atom. The zero-order valence-corrected chi connectivity index (χ0v) is 16.9. The standard InChI is InChI=1S/C22H23N3O4/c1-13(2)15-7-9-16(10-8-15)22(4)20(26)25(21(27)24-22)12-17-14(3)29-19(23-17)18-6-5-11-28-18/h5-11,13H,12H2,1-4H3,(H,24,27). The average Bonchev–Trinajstić information content (AvgIpc) is 3.39. The highest BCUT2D eigenvalue weighted by molar-refractivity contribution is 6.07. The predicted molar refractivity (Wildman–Crippen MR) is 106 cm³/mol. The van der Waals surface area contributed by atoms with Gasteiger partial charge in [-0.05, 0) is 43.0 Å². The molecule has 150 valence electrons. The van der Waals surface area contributed by atoms with E-state index in [4.69, 9.17) is 8.83 Å². The van der Waals surface area contributed by atoms with Gasteiger partial charge in [-0.1, -0.05) is 38.1 Å². The Hall–Kier alpha value is -3.35. The van der Waals surface area contributed by atoms with Gasteiger partial charge < -0.3 is 14.2 Å². The number of aryl methyl sites for hydroxylation is 1. The number of rotatable bonds is 5. The molecule has 0 spiro atoms. The molecule has 1 saturated heterocycles. The van der Waals surface area contributed by atoms with Crippen LogP contribution in [-0.2, 0) is 16.9 Å². The highest BCUT2D eigenvalue weighted by Crippen LogP contribution is 2.31. The Labute approximate surface area is 168 Å². The lowest BCUT2D eigenvalue weighted by Gasteiger charge is -2.22. The van der Waals surface area contributed by atoms with E-state index in [1.165, 1.54) is 16.7 Å². The first-order valence-electron chi connectivity index (χ1n) is 9.54. The number of benzene rings is 1. The molecular weight excluding hydrogens is 370 g/mol. The first-order chi connectivity index (χ1) is 13.8. The molecule has 7 heteroatoms. The van der Waals surface area contributed by atoms with Gasteiger partial charge in [-0.3, -0.25) is 9.69 Å². The number of oxazole rings is 1. The minimum absolute atomic E-state index is 0.0282. The van der Waals surface area contributed by atoms with Crippen molar-refractivity contribution < 1.29 is 18.4 Å². The van der Waals surface area contributed by atoms with Crippen molar-refractivity contribution >= 4 is 11.9 Å². The van der Waals surface area contributed by atoms with E-state index < -0.39 is 11.6 Å². The summed E-state index contributed by atoms with van der Waals surface area (Å²) in [6.07, 6.45) is 1.53. The normalized spacial score (nSPS) is 19.3. The molecule has 1 N–H and O–H groups in total. The number of urea groups is 1. The number of hydrogen-bond acceptors (Lipinski definition) is 5. The van der Waals surface area contributed by atoms with Gasteiger partial charge in [-0.2, -0.15) is 0 Å². The molecule has 1 unspecified atom stereocenters. The molecule has 0 bridgehead atoms. The van der Waals surface area contributed by atoms with Crippen LogP contribution in [0.4, 0.5) is 4.79 Å². The van der Waals surface area contributed by atoms with Crippen LogP contribution in [0.15, 0.2) is 51.5 Å². The largest absolute Gasteiger partial charge is 0.459 e. The second kappa shape index (κ2) is 6.92. The lowest BCUT2D eigenvalue weighted by molar-refractivity contribution is -0.131. The molecule has 3 aromatic rings. The fourth-order valence-electron chi connectivity index (χ4n) is 3.47. The number of imide groups is 1. The smallest absolute Gasteiger partial charge is 0.325 e. The van der Waals surface area contributed by atoms with Gasteiger partial charge in [-0.25, -0.2) is 9.78 Å². The number of carbonyl (C=O) groups excluding carboxylic acids is 2. The van der Waals surface area contributed by atoms with Crippen molar-refractivity contribution in [1.29, 1.82) is 0 Å². The van der Waals surface area contributed by atoms with Crippen molar-refractivity contribution in [2.24, 2.45) is 0 Å². The molecule has 2 aromatic heterocycles. The van der Waals surface area contributed by atoms with E-state index in [0.717, 1.165) is 5.56 Å². The van der Waals surface area contributed by atoms with E-state index in [9.17, 15) is 9.59 Å². The monoisotopic (exact) mass is 393 g/mol. The van der Waals surface area contributed by atoms with Gasteiger partial charge in [0.05, 0.1) is 12.8 Å². The third-order valence-corrected chi connectivity index (χ3v) is 5.36. The molecule has 7 nitrogen and oxygen atoms in total. The van der Waals surface area contributed by atoms with Gasteiger partial charge in [0.1, 0.15) is 17.0 Å². The Morgan fingerprint density at radius 3 is 2.52 bits per heavy atom. The average molecular weight is 393 g/mol. The van der Waals surface area contributed by atoms with E-state index in [-0.39, 0.29) is 12.5 Å². The number of nitrogens with one attached hydrogen (secondary N) is 1. The second-order valence-electron chi connectivity index (χ2n) is 7.72. The van der Waals surface area contributed by atoms with Crippen LogP contribution in [0.3, 0.4) is 0 Å². The molecule has 1 atom stereocenters. The molecule has 3 heterocycles. The zero-order valence-electron chi connectivity index (χ0n) is 16.9. The Kier molecular flexibility index (Phi) is 4.53. The van der Waals surface area contributed by atoms with Crippen LogP contribution in [0.1, 0.15) is 49.3 Å². The number of nitrogens with zero attached hydrogens (tertiary/aromatic N) is 2. The van der Waals surface area contributed by atoms with Crippen molar-refractivity contribution in [2.75, 3.05) is 0 Å². The maximum absolute atomic E-state index is 13.2. The zero-order chi connectivity index (χ0) is 20.8. The summed E-state index contributed by atoms with van der Waals surface area (Å²) in [4.78, 5) is 31.4. The summed E-state index contributed by atoms with van der Waals surface area (Å²) in [5.74, 6) is 1.42. The summed E-state index contributed by atoms with van der Waals surface area (Å²) in [6, 6.07) is 10.8. The minimum atomic E-state index is -1.12. The lowest BCUT2D eigenvalue weighted by Crippen LogP contribution is -2.40. The third-order valence-electron chi connectivity index (χ3n) is 5.36. The Morgan fingerprint density at radius 1 is 1.17 bits per heavy atom. The molecule has 0 saturated carbocycles. The van der Waals surface area contributed by atoms with E-state index in [2.05, 4.69) is 24.1 Å². The summed E-state index contributed by atoms with van der Waals surface area (Å²) >= 11 is 0. The topological polar surface area (TPSA) is 88.6 Å². The second-order valence-corrected chi connectivity index (χ2v) is 7.72. The maximum Gasteiger partial charge on any atom is 0.325 e. The fourth-order valence-corrected chi connectivity index (χ4v) is 3.47. The van der Waals surface area contributed by atoms with Crippen LogP contribution in [0, 0.1) is 6.92 Å². The Balaban J connectivity index is 1.58. The van der Waals surface area contributed by atoms with Crippen LogP contribution in [0.25, 0.3) is 11.7 Å². The number of aromatic nitrogens is 1. The van der Waals surface area contributed by atoms with E-state index in [1.807, 2.05) is 24.3 Å². The molecule has 3 amide bonds. The Bertz CT molecular complexity index is 1050. The van der Waals surface area contributed by atoms with Gasteiger partial charge >= 0.3 is 6.03 Å². The molecule has 0 radical (unpaired) electrons. The molecule has 1 aliphatic heterocycles.